The summed E-state index contributed by atoms with van der Waals surface area (Å²) in [6.45, 7) is 2.20. The zero-order valence-electron chi connectivity index (χ0n) is 14.4. The van der Waals surface area contributed by atoms with E-state index in [0.717, 1.165) is 5.56 Å². The summed E-state index contributed by atoms with van der Waals surface area (Å²) in [6, 6.07) is 6.40. The number of carbonyl (C=O) groups excluding carboxylic acids is 2. The van der Waals surface area contributed by atoms with Gasteiger partial charge in [-0.15, -0.1) is 0 Å². The zero-order valence-corrected chi connectivity index (χ0v) is 15.3. The van der Waals surface area contributed by atoms with Crippen LogP contribution in [-0.2, 0) is 30.7 Å². The van der Waals surface area contributed by atoms with Gasteiger partial charge in [0.25, 0.3) is 5.91 Å². The van der Waals surface area contributed by atoms with Crippen molar-refractivity contribution < 1.29 is 27.5 Å². The van der Waals surface area contributed by atoms with Crippen LogP contribution >= 0.6 is 0 Å². The van der Waals surface area contributed by atoms with Crippen LogP contribution in [0.2, 0.25) is 0 Å². The van der Waals surface area contributed by atoms with Gasteiger partial charge in [-0.25, -0.2) is 13.2 Å². The Bertz CT molecular complexity index is 713. The number of ether oxygens (including phenoxy) is 2. The lowest BCUT2D eigenvalue weighted by molar-refractivity contribution is -0.136. The molecule has 2 rings (SSSR count). The molecule has 0 radical (unpaired) electrons. The molecule has 0 saturated carbocycles. The fourth-order valence-electron chi connectivity index (χ4n) is 2.86. The van der Waals surface area contributed by atoms with Crippen LogP contribution in [0.5, 0.6) is 0 Å². The molecule has 7 nitrogen and oxygen atoms in total. The van der Waals surface area contributed by atoms with Crippen molar-refractivity contribution in [3.05, 3.63) is 35.4 Å². The number of carbonyl (C=O) groups is 2. The van der Waals surface area contributed by atoms with Gasteiger partial charge in [0, 0.05) is 19.7 Å². The van der Waals surface area contributed by atoms with Crippen molar-refractivity contribution in [2.45, 2.75) is 26.0 Å². The second kappa shape index (κ2) is 8.44. The van der Waals surface area contributed by atoms with Gasteiger partial charge >= 0.3 is 5.97 Å². The Labute approximate surface area is 147 Å². The average molecular weight is 369 g/mol. The third-order valence-electron chi connectivity index (χ3n) is 4.14. The number of methoxy groups -OCH3 is 1. The van der Waals surface area contributed by atoms with E-state index >= 15 is 0 Å². The normalized spacial score (nSPS) is 18.7. The second-order valence-corrected chi connectivity index (χ2v) is 8.17. The topological polar surface area (TPSA) is 90.0 Å². The molecule has 1 heterocycles. The standard InChI is InChI=1S/C17H23NO6S/c1-3-18(15-8-9-25(21,22)12-15)16(19)11-24-17(20)14-6-4-13(5-7-14)10-23-2/h4-7,15H,3,8-12H2,1-2H3. The molecule has 1 aromatic carbocycles. The minimum atomic E-state index is -3.08. The lowest BCUT2D eigenvalue weighted by Crippen LogP contribution is -2.43. The Morgan fingerprint density at radius 1 is 1.24 bits per heavy atom. The average Bonchev–Trinajstić information content (AvgIpc) is 2.94. The van der Waals surface area contributed by atoms with Gasteiger partial charge in [0.15, 0.2) is 16.4 Å². The molecule has 25 heavy (non-hydrogen) atoms. The molecule has 0 bridgehead atoms. The van der Waals surface area contributed by atoms with Gasteiger partial charge in [0.05, 0.1) is 23.7 Å². The highest BCUT2D eigenvalue weighted by Gasteiger charge is 2.34. The maximum atomic E-state index is 12.3. The van der Waals surface area contributed by atoms with Crippen LogP contribution < -0.4 is 0 Å². The molecule has 1 aromatic rings. The first-order valence-electron chi connectivity index (χ1n) is 8.11. The molecule has 0 aliphatic carbocycles. The van der Waals surface area contributed by atoms with Crippen molar-refractivity contribution in [3.63, 3.8) is 0 Å². The third-order valence-corrected chi connectivity index (χ3v) is 5.89. The van der Waals surface area contributed by atoms with Gasteiger partial charge in [0.1, 0.15) is 0 Å². The molecule has 138 valence electrons. The number of nitrogens with zero attached hydrogens (tertiary/aromatic N) is 1. The monoisotopic (exact) mass is 369 g/mol. The van der Waals surface area contributed by atoms with Crippen LogP contribution in [0.25, 0.3) is 0 Å². The largest absolute Gasteiger partial charge is 0.452 e. The highest BCUT2D eigenvalue weighted by molar-refractivity contribution is 7.91. The Balaban J connectivity index is 1.90. The molecular formula is C17H23NO6S. The Hall–Kier alpha value is -1.93. The minimum absolute atomic E-state index is 0.0263. The van der Waals surface area contributed by atoms with Crippen molar-refractivity contribution in [2.75, 3.05) is 31.8 Å². The Morgan fingerprint density at radius 2 is 1.92 bits per heavy atom. The summed E-state index contributed by atoms with van der Waals surface area (Å²) in [5.74, 6) is -0.905. The molecule has 1 atom stereocenters. The fourth-order valence-corrected chi connectivity index (χ4v) is 4.59. The quantitative estimate of drug-likeness (QED) is 0.667. The zero-order chi connectivity index (χ0) is 18.4. The van der Waals surface area contributed by atoms with Crippen LogP contribution in [-0.4, -0.2) is 63.0 Å². The van der Waals surface area contributed by atoms with Crippen molar-refractivity contribution >= 4 is 21.7 Å². The van der Waals surface area contributed by atoms with E-state index in [4.69, 9.17) is 9.47 Å². The first-order chi connectivity index (χ1) is 11.9. The van der Waals surface area contributed by atoms with Crippen LogP contribution in [0.1, 0.15) is 29.3 Å². The fraction of sp³-hybridized carbons (Fsp3) is 0.529. The Kier molecular flexibility index (Phi) is 6.55. The van der Waals surface area contributed by atoms with Gasteiger partial charge in [-0.1, -0.05) is 12.1 Å². The molecule has 1 aliphatic rings. The van der Waals surface area contributed by atoms with E-state index in [-0.39, 0.29) is 23.5 Å². The number of sulfone groups is 1. The van der Waals surface area contributed by atoms with E-state index < -0.39 is 22.4 Å². The van der Waals surface area contributed by atoms with E-state index in [9.17, 15) is 18.0 Å². The molecule has 0 spiro atoms. The number of rotatable bonds is 7. The maximum Gasteiger partial charge on any atom is 0.338 e. The van der Waals surface area contributed by atoms with Crippen LogP contribution in [0, 0.1) is 0 Å². The van der Waals surface area contributed by atoms with Gasteiger partial charge in [-0.2, -0.15) is 0 Å². The molecular weight excluding hydrogens is 346 g/mol. The smallest absolute Gasteiger partial charge is 0.338 e. The van der Waals surface area contributed by atoms with Gasteiger partial charge in [-0.3, -0.25) is 4.79 Å². The van der Waals surface area contributed by atoms with Crippen LogP contribution in [0.15, 0.2) is 24.3 Å². The number of hydrogen-bond acceptors (Lipinski definition) is 6. The molecule has 1 aliphatic heterocycles. The van der Waals surface area contributed by atoms with Gasteiger partial charge in [0.2, 0.25) is 0 Å². The summed E-state index contributed by atoms with van der Waals surface area (Å²) in [4.78, 5) is 25.8. The van der Waals surface area contributed by atoms with Crippen molar-refractivity contribution in [3.8, 4) is 0 Å². The van der Waals surface area contributed by atoms with E-state index in [1.807, 2.05) is 0 Å². The van der Waals surface area contributed by atoms with Crippen molar-refractivity contribution in [2.24, 2.45) is 0 Å². The summed E-state index contributed by atoms with van der Waals surface area (Å²) < 4.78 is 33.2. The summed E-state index contributed by atoms with van der Waals surface area (Å²) >= 11 is 0. The van der Waals surface area contributed by atoms with Gasteiger partial charge < -0.3 is 14.4 Å². The van der Waals surface area contributed by atoms with Crippen molar-refractivity contribution in [1.29, 1.82) is 0 Å². The summed E-state index contributed by atoms with van der Waals surface area (Å²) in [5, 5.41) is 0. The number of hydrogen-bond donors (Lipinski definition) is 0. The summed E-state index contributed by atoms with van der Waals surface area (Å²) in [7, 11) is -1.49. The van der Waals surface area contributed by atoms with E-state index in [2.05, 4.69) is 0 Å². The Morgan fingerprint density at radius 3 is 2.44 bits per heavy atom. The molecule has 1 amide bonds. The lowest BCUT2D eigenvalue weighted by Gasteiger charge is -2.26. The first kappa shape index (κ1) is 19.4. The van der Waals surface area contributed by atoms with Crippen LogP contribution in [0.4, 0.5) is 0 Å². The predicted molar refractivity (Wildman–Crippen MR) is 91.9 cm³/mol. The van der Waals surface area contributed by atoms with E-state index in [0.29, 0.717) is 25.1 Å². The number of likely N-dealkylation sites (N-methyl/N-ethyl adjacent to an activating group) is 1. The minimum Gasteiger partial charge on any atom is -0.452 e. The summed E-state index contributed by atoms with van der Waals surface area (Å²) in [5.41, 5.74) is 1.27. The molecule has 8 heteroatoms. The molecule has 1 fully saturated rings. The highest BCUT2D eigenvalue weighted by Crippen LogP contribution is 2.18. The number of benzene rings is 1. The molecule has 1 unspecified atom stereocenters. The second-order valence-electron chi connectivity index (χ2n) is 5.94. The third kappa shape index (κ3) is 5.27. The van der Waals surface area contributed by atoms with E-state index in [1.165, 1.54) is 4.90 Å². The molecule has 0 N–H and O–H groups in total. The lowest BCUT2D eigenvalue weighted by atomic mass is 10.1. The summed E-state index contributed by atoms with van der Waals surface area (Å²) in [6.07, 6.45) is 0.427. The molecule has 1 saturated heterocycles. The predicted octanol–water partition coefficient (Wildman–Crippen LogP) is 1.03. The first-order valence-corrected chi connectivity index (χ1v) is 9.93. The molecule has 0 aromatic heterocycles. The van der Waals surface area contributed by atoms with Gasteiger partial charge in [-0.05, 0) is 31.0 Å². The van der Waals surface area contributed by atoms with Crippen LogP contribution in [0.3, 0.4) is 0 Å². The number of amides is 1. The van der Waals surface area contributed by atoms with E-state index in [1.54, 1.807) is 38.3 Å². The number of esters is 1. The highest BCUT2D eigenvalue weighted by atomic mass is 32.2. The SMILES string of the molecule is CCN(C(=O)COC(=O)c1ccc(COC)cc1)C1CCS(=O)(=O)C1. The van der Waals surface area contributed by atoms with Crippen molar-refractivity contribution in [1.82, 2.24) is 4.90 Å². The maximum absolute atomic E-state index is 12.3.